The molecule has 7 nitrogen and oxygen atoms in total. The summed E-state index contributed by atoms with van der Waals surface area (Å²) in [6, 6.07) is 13.1. The summed E-state index contributed by atoms with van der Waals surface area (Å²) in [6.45, 7) is 2.36. The number of anilines is 1. The second-order valence-corrected chi connectivity index (χ2v) is 7.82. The molecule has 3 aromatic rings. The minimum Gasteiger partial charge on any atom is -0.497 e. The molecule has 2 aromatic carbocycles. The second kappa shape index (κ2) is 9.11. The number of hydrogen-bond donors (Lipinski definition) is 2. The second-order valence-electron chi connectivity index (χ2n) is 6.03. The number of aryl methyl sites for hydroxylation is 1. The predicted molar refractivity (Wildman–Crippen MR) is 114 cm³/mol. The molecule has 0 atom stereocenters. The summed E-state index contributed by atoms with van der Waals surface area (Å²) < 4.78 is 7.52. The van der Waals surface area contributed by atoms with Crippen molar-refractivity contribution in [2.75, 3.05) is 24.0 Å². The highest BCUT2D eigenvalue weighted by Gasteiger charge is 2.14. The normalized spacial score (nSPS) is 10.7. The highest BCUT2D eigenvalue weighted by molar-refractivity contribution is 9.10. The van der Waals surface area contributed by atoms with Gasteiger partial charge in [-0.05, 0) is 48.9 Å². The predicted octanol–water partition coefficient (Wildman–Crippen LogP) is 3.66. The molecule has 0 unspecified atom stereocenters. The van der Waals surface area contributed by atoms with E-state index in [2.05, 4.69) is 31.4 Å². The Morgan fingerprint density at radius 2 is 2.00 bits per heavy atom. The molecule has 0 fully saturated rings. The Balaban J connectivity index is 1.57. The van der Waals surface area contributed by atoms with Crippen molar-refractivity contribution in [3.63, 3.8) is 0 Å². The molecule has 0 aliphatic carbocycles. The summed E-state index contributed by atoms with van der Waals surface area (Å²) in [5, 5.41) is 11.9. The van der Waals surface area contributed by atoms with E-state index < -0.39 is 0 Å². The molecule has 1 aromatic heterocycles. The summed E-state index contributed by atoms with van der Waals surface area (Å²) >= 11 is 4.70. The van der Waals surface area contributed by atoms with Crippen LogP contribution in [0.25, 0.3) is 0 Å². The van der Waals surface area contributed by atoms with Crippen LogP contribution in [0.2, 0.25) is 0 Å². The maximum Gasteiger partial charge on any atom is 0.210 e. The first-order valence-corrected chi connectivity index (χ1v) is 10.2. The smallest absolute Gasteiger partial charge is 0.210 e. The van der Waals surface area contributed by atoms with Crippen molar-refractivity contribution in [2.24, 2.45) is 0 Å². The zero-order chi connectivity index (χ0) is 20.1. The number of aromatic nitrogens is 3. The number of hydrogen-bond acceptors (Lipinski definition) is 7. The van der Waals surface area contributed by atoms with Gasteiger partial charge in [-0.1, -0.05) is 33.8 Å². The van der Waals surface area contributed by atoms with E-state index in [0.29, 0.717) is 23.1 Å². The molecule has 28 heavy (non-hydrogen) atoms. The molecule has 9 heteroatoms. The molecule has 0 saturated heterocycles. The third-order valence-corrected chi connectivity index (χ3v) is 5.92. The van der Waals surface area contributed by atoms with Crippen LogP contribution in [0.1, 0.15) is 21.7 Å². The van der Waals surface area contributed by atoms with Gasteiger partial charge in [-0.3, -0.25) is 4.79 Å². The van der Waals surface area contributed by atoms with Gasteiger partial charge in [-0.2, -0.15) is 0 Å². The van der Waals surface area contributed by atoms with Crippen LogP contribution in [-0.2, 0) is 6.54 Å². The van der Waals surface area contributed by atoms with Crippen molar-refractivity contribution in [3.05, 3.63) is 63.9 Å². The third-order valence-electron chi connectivity index (χ3n) is 4.09. The maximum absolute atomic E-state index is 12.4. The van der Waals surface area contributed by atoms with Crippen LogP contribution in [0, 0.1) is 6.92 Å². The highest BCUT2D eigenvalue weighted by atomic mass is 79.9. The van der Waals surface area contributed by atoms with Gasteiger partial charge in [0, 0.05) is 15.7 Å². The molecule has 0 radical (unpaired) electrons. The number of benzene rings is 2. The number of nitrogen functional groups attached to an aromatic ring is 1. The number of ketones is 1. The van der Waals surface area contributed by atoms with E-state index in [-0.39, 0.29) is 11.5 Å². The summed E-state index contributed by atoms with van der Waals surface area (Å²) in [4.78, 5) is 12.4. The van der Waals surface area contributed by atoms with Crippen molar-refractivity contribution in [1.82, 2.24) is 14.9 Å². The topological polar surface area (TPSA) is 95.1 Å². The number of carbonyl (C=O) groups excluding carboxylic acids is 1. The summed E-state index contributed by atoms with van der Waals surface area (Å²) in [7, 11) is 1.63. The molecule has 3 rings (SSSR count). The monoisotopic (exact) mass is 461 g/mol. The first-order valence-electron chi connectivity index (χ1n) is 8.47. The molecule has 0 aliphatic heterocycles. The molecule has 1 heterocycles. The zero-order valence-electron chi connectivity index (χ0n) is 15.5. The summed E-state index contributed by atoms with van der Waals surface area (Å²) in [6.07, 6.45) is 0. The lowest BCUT2D eigenvalue weighted by Gasteiger charge is -2.07. The molecular formula is C19H20BrN5O2S. The minimum atomic E-state index is 0.0153. The number of halogens is 1. The Hall–Kier alpha value is -2.52. The lowest BCUT2D eigenvalue weighted by Crippen LogP contribution is -2.17. The van der Waals surface area contributed by atoms with Crippen LogP contribution < -0.4 is 15.9 Å². The molecule has 0 amide bonds. The standard InChI is InChI=1S/C19H20BrN5O2S/c1-12-9-13(3-8-16(12)20)17(26)11-28-19-24-23-18(25(19)21)10-22-14-4-6-15(27-2)7-5-14/h3-9,22H,10-11,21H2,1-2H3. The number of Topliss-reactive ketones (excluding diaryl/α,β-unsaturated/α-hetero) is 1. The number of nitrogens with zero attached hydrogens (tertiary/aromatic N) is 3. The Morgan fingerprint density at radius 1 is 1.25 bits per heavy atom. The van der Waals surface area contributed by atoms with Gasteiger partial charge in [-0.15, -0.1) is 10.2 Å². The lowest BCUT2D eigenvalue weighted by atomic mass is 10.1. The van der Waals surface area contributed by atoms with E-state index in [1.807, 2.05) is 43.3 Å². The highest BCUT2D eigenvalue weighted by Crippen LogP contribution is 2.21. The van der Waals surface area contributed by atoms with Crippen LogP contribution >= 0.6 is 27.7 Å². The van der Waals surface area contributed by atoms with Gasteiger partial charge in [0.15, 0.2) is 11.6 Å². The Bertz CT molecular complexity index is 975. The molecule has 0 bridgehead atoms. The fourth-order valence-corrected chi connectivity index (χ4v) is 3.46. The maximum atomic E-state index is 12.4. The van der Waals surface area contributed by atoms with Crippen molar-refractivity contribution < 1.29 is 9.53 Å². The fraction of sp³-hybridized carbons (Fsp3) is 0.211. The number of rotatable bonds is 8. The number of nitrogens with one attached hydrogen (secondary N) is 1. The quantitative estimate of drug-likeness (QED) is 0.300. The van der Waals surface area contributed by atoms with Crippen molar-refractivity contribution in [3.8, 4) is 5.75 Å². The van der Waals surface area contributed by atoms with Crippen LogP contribution in [-0.4, -0.2) is 33.5 Å². The molecular weight excluding hydrogens is 442 g/mol. The summed E-state index contributed by atoms with van der Waals surface area (Å²) in [5.74, 6) is 7.69. The third kappa shape index (κ3) is 4.85. The van der Waals surface area contributed by atoms with Crippen LogP contribution in [0.3, 0.4) is 0 Å². The van der Waals surface area contributed by atoms with Gasteiger partial charge in [0.2, 0.25) is 5.16 Å². The molecule has 146 valence electrons. The largest absolute Gasteiger partial charge is 0.497 e. The minimum absolute atomic E-state index is 0.0153. The number of ether oxygens (including phenoxy) is 1. The zero-order valence-corrected chi connectivity index (χ0v) is 17.9. The van der Waals surface area contributed by atoms with Crippen LogP contribution in [0.15, 0.2) is 52.1 Å². The number of nitrogens with two attached hydrogens (primary N) is 1. The first-order chi connectivity index (χ1) is 13.5. The molecule has 0 saturated carbocycles. The van der Waals surface area contributed by atoms with E-state index in [1.165, 1.54) is 16.4 Å². The van der Waals surface area contributed by atoms with Crippen LogP contribution in [0.5, 0.6) is 5.75 Å². The van der Waals surface area contributed by atoms with Crippen molar-refractivity contribution in [2.45, 2.75) is 18.6 Å². The number of methoxy groups -OCH3 is 1. The Morgan fingerprint density at radius 3 is 2.68 bits per heavy atom. The van der Waals surface area contributed by atoms with Gasteiger partial charge < -0.3 is 15.9 Å². The van der Waals surface area contributed by atoms with Crippen LogP contribution in [0.4, 0.5) is 5.69 Å². The Labute approximate surface area is 175 Å². The molecule has 0 spiro atoms. The van der Waals surface area contributed by atoms with E-state index in [0.717, 1.165) is 21.5 Å². The Kier molecular flexibility index (Phi) is 6.58. The van der Waals surface area contributed by atoms with Gasteiger partial charge in [0.05, 0.1) is 19.4 Å². The number of thioether (sulfide) groups is 1. The summed E-state index contributed by atoms with van der Waals surface area (Å²) in [5.41, 5.74) is 2.60. The fourth-order valence-electron chi connectivity index (χ4n) is 2.45. The van der Waals surface area contributed by atoms with Gasteiger partial charge >= 0.3 is 0 Å². The van der Waals surface area contributed by atoms with E-state index in [1.54, 1.807) is 13.2 Å². The van der Waals surface area contributed by atoms with Crippen molar-refractivity contribution >= 4 is 39.2 Å². The average molecular weight is 462 g/mol. The van der Waals surface area contributed by atoms with E-state index >= 15 is 0 Å². The van der Waals surface area contributed by atoms with Crippen molar-refractivity contribution in [1.29, 1.82) is 0 Å². The van der Waals surface area contributed by atoms with E-state index in [9.17, 15) is 4.79 Å². The number of carbonyl (C=O) groups is 1. The average Bonchev–Trinajstić information content (AvgIpc) is 3.06. The lowest BCUT2D eigenvalue weighted by molar-refractivity contribution is 0.102. The molecule has 0 aliphatic rings. The SMILES string of the molecule is COc1ccc(NCc2nnc(SCC(=O)c3ccc(Br)c(C)c3)n2N)cc1. The van der Waals surface area contributed by atoms with E-state index in [4.69, 9.17) is 10.6 Å². The van der Waals surface area contributed by atoms with Gasteiger partial charge in [-0.25, -0.2) is 4.68 Å². The molecule has 3 N–H and O–H groups in total. The van der Waals surface area contributed by atoms with Gasteiger partial charge in [0.25, 0.3) is 0 Å². The first kappa shape index (κ1) is 20.2. The van der Waals surface area contributed by atoms with Gasteiger partial charge in [0.1, 0.15) is 5.75 Å².